The van der Waals surface area contributed by atoms with Gasteiger partial charge in [0.05, 0.1) is 7.11 Å². The molecule has 0 aliphatic heterocycles. The first-order chi connectivity index (χ1) is 5.25. The molecule has 3 nitrogen and oxygen atoms in total. The lowest BCUT2D eigenvalue weighted by molar-refractivity contribution is 0.399. The lowest BCUT2D eigenvalue weighted by Gasteiger charge is -2.01. The highest BCUT2D eigenvalue weighted by Crippen LogP contribution is 2.13. The van der Waals surface area contributed by atoms with Crippen molar-refractivity contribution in [2.75, 3.05) is 7.11 Å². The van der Waals surface area contributed by atoms with Crippen molar-refractivity contribution in [3.8, 4) is 0 Å². The zero-order valence-corrected chi connectivity index (χ0v) is 7.55. The van der Waals surface area contributed by atoms with Gasteiger partial charge in [-0.25, -0.2) is 0 Å². The van der Waals surface area contributed by atoms with Crippen molar-refractivity contribution >= 4 is 21.8 Å². The Kier molecular flexibility index (Phi) is 2.59. The van der Waals surface area contributed by atoms with E-state index in [1.54, 1.807) is 12.3 Å². The van der Waals surface area contributed by atoms with Crippen molar-refractivity contribution < 1.29 is 4.74 Å². The molecule has 0 saturated carbocycles. The first-order valence-electron chi connectivity index (χ1n) is 2.99. The minimum Gasteiger partial charge on any atom is -0.480 e. The lowest BCUT2D eigenvalue weighted by Crippen LogP contribution is -2.04. The number of aromatic nitrogens is 1. The number of hydrogen-bond acceptors (Lipinski definition) is 3. The van der Waals surface area contributed by atoms with Crippen LogP contribution in [0.2, 0.25) is 0 Å². The van der Waals surface area contributed by atoms with Gasteiger partial charge in [-0.3, -0.25) is 10.4 Å². The molecule has 1 N–H and O–H groups in total. The van der Waals surface area contributed by atoms with Gasteiger partial charge in [-0.05, 0) is 28.1 Å². The molecule has 0 unspecified atom stereocenters. The van der Waals surface area contributed by atoms with Gasteiger partial charge in [0.25, 0.3) is 0 Å². The average molecular weight is 215 g/mol. The molecule has 0 aromatic carbocycles. The van der Waals surface area contributed by atoms with Gasteiger partial charge < -0.3 is 4.74 Å². The Morgan fingerprint density at radius 1 is 1.73 bits per heavy atom. The zero-order valence-electron chi connectivity index (χ0n) is 5.97. The van der Waals surface area contributed by atoms with E-state index < -0.39 is 0 Å². The Labute approximate surface area is 73.0 Å². The highest BCUT2D eigenvalue weighted by atomic mass is 79.9. The van der Waals surface area contributed by atoms with E-state index in [0.29, 0.717) is 5.69 Å². The fourth-order valence-corrected chi connectivity index (χ4v) is 1.08. The molecule has 1 rings (SSSR count). The molecule has 11 heavy (non-hydrogen) atoms. The SMILES string of the molecule is COC(=N)c1ncccc1Br. The molecule has 0 aliphatic carbocycles. The molecule has 0 saturated heterocycles. The van der Waals surface area contributed by atoms with Crippen LogP contribution in [-0.4, -0.2) is 18.0 Å². The number of rotatable bonds is 1. The summed E-state index contributed by atoms with van der Waals surface area (Å²) in [4.78, 5) is 3.95. The summed E-state index contributed by atoms with van der Waals surface area (Å²) in [7, 11) is 1.45. The van der Waals surface area contributed by atoms with E-state index in [9.17, 15) is 0 Å². The molecule has 1 aromatic heterocycles. The number of pyridine rings is 1. The average Bonchev–Trinajstić information content (AvgIpc) is 2.04. The monoisotopic (exact) mass is 214 g/mol. The second-order valence-corrected chi connectivity index (χ2v) is 2.72. The summed E-state index contributed by atoms with van der Waals surface area (Å²) in [6.45, 7) is 0. The maximum Gasteiger partial charge on any atom is 0.233 e. The van der Waals surface area contributed by atoms with Crippen molar-refractivity contribution in [2.24, 2.45) is 0 Å². The Morgan fingerprint density at radius 3 is 3.00 bits per heavy atom. The molecule has 0 amide bonds. The highest BCUT2D eigenvalue weighted by Gasteiger charge is 2.05. The molecule has 0 fully saturated rings. The normalized spacial score (nSPS) is 9.27. The van der Waals surface area contributed by atoms with Crippen LogP contribution in [-0.2, 0) is 4.74 Å². The Morgan fingerprint density at radius 2 is 2.45 bits per heavy atom. The quantitative estimate of drug-likeness (QED) is 0.573. The first kappa shape index (κ1) is 8.20. The van der Waals surface area contributed by atoms with Crippen molar-refractivity contribution in [3.63, 3.8) is 0 Å². The second kappa shape index (κ2) is 3.48. The zero-order chi connectivity index (χ0) is 8.27. The summed E-state index contributed by atoms with van der Waals surface area (Å²) < 4.78 is 5.48. The van der Waals surface area contributed by atoms with Gasteiger partial charge in [0.2, 0.25) is 5.90 Å². The van der Waals surface area contributed by atoms with E-state index in [0.717, 1.165) is 4.47 Å². The van der Waals surface area contributed by atoms with Crippen LogP contribution < -0.4 is 0 Å². The molecule has 58 valence electrons. The molecule has 0 bridgehead atoms. The van der Waals surface area contributed by atoms with Gasteiger partial charge in [0.1, 0.15) is 5.69 Å². The number of hydrogen-bond donors (Lipinski definition) is 1. The van der Waals surface area contributed by atoms with Gasteiger partial charge in [0, 0.05) is 10.7 Å². The van der Waals surface area contributed by atoms with E-state index in [2.05, 4.69) is 20.9 Å². The highest BCUT2D eigenvalue weighted by molar-refractivity contribution is 9.10. The van der Waals surface area contributed by atoms with Crippen LogP contribution in [0, 0.1) is 5.41 Å². The third-order valence-corrected chi connectivity index (χ3v) is 1.82. The third-order valence-electron chi connectivity index (χ3n) is 1.18. The van der Waals surface area contributed by atoms with Gasteiger partial charge >= 0.3 is 0 Å². The number of halogens is 1. The fraction of sp³-hybridized carbons (Fsp3) is 0.143. The van der Waals surface area contributed by atoms with Crippen molar-refractivity contribution in [1.82, 2.24) is 4.98 Å². The second-order valence-electron chi connectivity index (χ2n) is 1.87. The van der Waals surface area contributed by atoms with E-state index >= 15 is 0 Å². The summed E-state index contributed by atoms with van der Waals surface area (Å²) in [5.74, 6) is 0.0671. The van der Waals surface area contributed by atoms with Gasteiger partial charge in [-0.1, -0.05) is 0 Å². The summed E-state index contributed by atoms with van der Waals surface area (Å²) in [5, 5.41) is 7.30. The van der Waals surface area contributed by atoms with Crippen LogP contribution in [0.5, 0.6) is 0 Å². The van der Waals surface area contributed by atoms with Crippen LogP contribution in [0.15, 0.2) is 22.8 Å². The number of methoxy groups -OCH3 is 1. The molecule has 1 aromatic rings. The van der Waals surface area contributed by atoms with E-state index in [-0.39, 0.29) is 5.90 Å². The Bertz CT molecular complexity index is 275. The molecule has 0 spiro atoms. The standard InChI is InChI=1S/C7H7BrN2O/c1-11-7(9)6-5(8)3-2-4-10-6/h2-4,9H,1H3. The molecular weight excluding hydrogens is 208 g/mol. The number of ether oxygens (including phenoxy) is 1. The summed E-state index contributed by atoms with van der Waals surface area (Å²) in [6, 6.07) is 3.60. The topological polar surface area (TPSA) is 46.0 Å². The van der Waals surface area contributed by atoms with Gasteiger partial charge in [-0.15, -0.1) is 0 Å². The minimum absolute atomic E-state index is 0.0671. The maximum absolute atomic E-state index is 7.30. The van der Waals surface area contributed by atoms with E-state index in [1.165, 1.54) is 7.11 Å². The minimum atomic E-state index is 0.0671. The maximum atomic E-state index is 7.30. The molecule has 0 aliphatic rings. The van der Waals surface area contributed by atoms with E-state index in [4.69, 9.17) is 10.1 Å². The molecule has 4 heteroatoms. The Hall–Kier alpha value is -0.900. The molecule has 1 heterocycles. The Balaban J connectivity index is 3.03. The molecule has 0 radical (unpaired) electrons. The molecular formula is C7H7BrN2O. The largest absolute Gasteiger partial charge is 0.480 e. The van der Waals surface area contributed by atoms with Gasteiger partial charge in [0.15, 0.2) is 0 Å². The summed E-state index contributed by atoms with van der Waals surface area (Å²) in [6.07, 6.45) is 1.62. The first-order valence-corrected chi connectivity index (χ1v) is 3.78. The molecule has 0 atom stereocenters. The van der Waals surface area contributed by atoms with Crippen LogP contribution >= 0.6 is 15.9 Å². The summed E-state index contributed by atoms with van der Waals surface area (Å²) in [5.41, 5.74) is 0.523. The van der Waals surface area contributed by atoms with Crippen molar-refractivity contribution in [1.29, 1.82) is 5.41 Å². The predicted molar refractivity (Wildman–Crippen MR) is 45.8 cm³/mol. The van der Waals surface area contributed by atoms with Crippen LogP contribution in [0.25, 0.3) is 0 Å². The fourth-order valence-electron chi connectivity index (χ4n) is 0.649. The van der Waals surface area contributed by atoms with Crippen LogP contribution in [0.4, 0.5) is 0 Å². The number of nitrogens with one attached hydrogen (secondary N) is 1. The summed E-state index contributed by atoms with van der Waals surface area (Å²) >= 11 is 3.25. The smallest absolute Gasteiger partial charge is 0.233 e. The van der Waals surface area contributed by atoms with Crippen molar-refractivity contribution in [2.45, 2.75) is 0 Å². The van der Waals surface area contributed by atoms with Crippen molar-refractivity contribution in [3.05, 3.63) is 28.5 Å². The predicted octanol–water partition coefficient (Wildman–Crippen LogP) is 1.82. The lowest BCUT2D eigenvalue weighted by atomic mass is 10.3. The number of nitrogens with zero attached hydrogens (tertiary/aromatic N) is 1. The van der Waals surface area contributed by atoms with E-state index in [1.807, 2.05) is 6.07 Å². The third kappa shape index (κ3) is 1.77. The van der Waals surface area contributed by atoms with Gasteiger partial charge in [-0.2, -0.15) is 0 Å². The van der Waals surface area contributed by atoms with Crippen LogP contribution in [0.1, 0.15) is 5.69 Å². The van der Waals surface area contributed by atoms with Crippen LogP contribution in [0.3, 0.4) is 0 Å².